The van der Waals surface area contributed by atoms with Gasteiger partial charge in [0.15, 0.2) is 0 Å². The van der Waals surface area contributed by atoms with Crippen LogP contribution in [0.3, 0.4) is 0 Å². The number of nitrogens with one attached hydrogen (secondary N) is 1. The molecule has 1 N–H and O–H groups in total. The Morgan fingerprint density at radius 1 is 0.925 bits per heavy atom. The number of anilines is 1. The van der Waals surface area contributed by atoms with Crippen molar-refractivity contribution in [1.29, 1.82) is 0 Å². The maximum atomic E-state index is 14.0. The Morgan fingerprint density at radius 3 is 2.20 bits per heavy atom. The molecule has 0 aromatic heterocycles. The van der Waals surface area contributed by atoms with Gasteiger partial charge in [-0.2, -0.15) is 0 Å². The van der Waals surface area contributed by atoms with Crippen LogP contribution in [-0.2, 0) is 26.2 Å². The summed E-state index contributed by atoms with van der Waals surface area (Å²) in [6.07, 6.45) is 0.740. The van der Waals surface area contributed by atoms with Gasteiger partial charge >= 0.3 is 0 Å². The van der Waals surface area contributed by atoms with E-state index >= 15 is 0 Å². The summed E-state index contributed by atoms with van der Waals surface area (Å²) in [5.74, 6) is -0.794. The molecule has 3 aromatic carbocycles. The molecule has 0 aliphatic heterocycles. The van der Waals surface area contributed by atoms with Crippen molar-refractivity contribution in [2.24, 2.45) is 0 Å². The number of halogens is 1. The molecule has 0 aliphatic rings. The maximum absolute atomic E-state index is 14.0. The van der Waals surface area contributed by atoms with Crippen LogP contribution in [-0.4, -0.2) is 43.8 Å². The molecule has 40 heavy (non-hydrogen) atoms. The van der Waals surface area contributed by atoms with E-state index in [4.69, 9.17) is 11.6 Å². The third kappa shape index (κ3) is 7.64. The standard InChI is InChI=1S/C31H38ClN3O4S/c1-7-24(5)33-31(37)25(6)34(19-26-10-8-9-21(2)17-26)30(36)20-35(28-14-11-22(3)23(4)18-28)40(38,39)29-15-12-27(32)13-16-29/h8-18,24-25H,7,19-20H2,1-6H3,(H,33,37). The summed E-state index contributed by atoms with van der Waals surface area (Å²) in [4.78, 5) is 28.6. The van der Waals surface area contributed by atoms with E-state index in [2.05, 4.69) is 5.32 Å². The topological polar surface area (TPSA) is 86.8 Å². The predicted octanol–water partition coefficient (Wildman–Crippen LogP) is 5.79. The van der Waals surface area contributed by atoms with Gasteiger partial charge in [0.2, 0.25) is 11.8 Å². The van der Waals surface area contributed by atoms with Crippen molar-refractivity contribution in [2.45, 2.75) is 71.5 Å². The highest BCUT2D eigenvalue weighted by Gasteiger charge is 2.33. The molecule has 2 unspecified atom stereocenters. The SMILES string of the molecule is CCC(C)NC(=O)C(C)N(Cc1cccc(C)c1)C(=O)CN(c1ccc(C)c(C)c1)S(=O)(=O)c1ccc(Cl)cc1. The Morgan fingerprint density at radius 2 is 1.60 bits per heavy atom. The van der Waals surface area contributed by atoms with Crippen molar-refractivity contribution < 1.29 is 18.0 Å². The second-order valence-corrected chi connectivity index (χ2v) is 12.5. The zero-order valence-corrected chi connectivity index (χ0v) is 25.5. The zero-order chi connectivity index (χ0) is 29.6. The highest BCUT2D eigenvalue weighted by molar-refractivity contribution is 7.92. The fourth-order valence-electron chi connectivity index (χ4n) is 4.20. The highest BCUT2D eigenvalue weighted by Crippen LogP contribution is 2.27. The molecular weight excluding hydrogens is 546 g/mol. The van der Waals surface area contributed by atoms with E-state index in [-0.39, 0.29) is 23.4 Å². The first-order valence-electron chi connectivity index (χ1n) is 13.3. The van der Waals surface area contributed by atoms with E-state index in [9.17, 15) is 18.0 Å². The average molecular weight is 584 g/mol. The first kappa shape index (κ1) is 31.2. The molecule has 9 heteroatoms. The van der Waals surface area contributed by atoms with Crippen LogP contribution in [0.1, 0.15) is 49.4 Å². The number of benzene rings is 3. The summed E-state index contributed by atoms with van der Waals surface area (Å²) in [5, 5.41) is 3.35. The van der Waals surface area contributed by atoms with Gasteiger partial charge in [0, 0.05) is 17.6 Å². The van der Waals surface area contributed by atoms with Gasteiger partial charge in [0.25, 0.3) is 10.0 Å². The smallest absolute Gasteiger partial charge is 0.264 e. The Kier molecular flexibility index (Phi) is 10.4. The highest BCUT2D eigenvalue weighted by atomic mass is 35.5. The van der Waals surface area contributed by atoms with Gasteiger partial charge < -0.3 is 10.2 Å². The molecular formula is C31H38ClN3O4S. The summed E-state index contributed by atoms with van der Waals surface area (Å²) in [7, 11) is -4.15. The van der Waals surface area contributed by atoms with E-state index < -0.39 is 28.5 Å². The summed E-state index contributed by atoms with van der Waals surface area (Å²) in [6.45, 7) is 11.0. The molecule has 0 saturated heterocycles. The normalized spacial score (nSPS) is 12.9. The van der Waals surface area contributed by atoms with Crippen molar-refractivity contribution in [3.63, 3.8) is 0 Å². The minimum Gasteiger partial charge on any atom is -0.352 e. The fourth-order valence-corrected chi connectivity index (χ4v) is 5.73. The van der Waals surface area contributed by atoms with Crippen LogP contribution in [0.25, 0.3) is 0 Å². The van der Waals surface area contributed by atoms with Crippen LogP contribution in [0.2, 0.25) is 5.02 Å². The Labute approximate surface area is 243 Å². The van der Waals surface area contributed by atoms with Crippen molar-refractivity contribution in [2.75, 3.05) is 10.8 Å². The number of rotatable bonds is 11. The van der Waals surface area contributed by atoms with Gasteiger partial charge in [-0.15, -0.1) is 0 Å². The van der Waals surface area contributed by atoms with Crippen molar-refractivity contribution in [1.82, 2.24) is 10.2 Å². The molecule has 3 rings (SSSR count). The Hall–Kier alpha value is -3.36. The van der Waals surface area contributed by atoms with Gasteiger partial charge in [0.05, 0.1) is 10.6 Å². The molecule has 2 amide bonds. The zero-order valence-electron chi connectivity index (χ0n) is 23.9. The molecule has 214 valence electrons. The Bertz CT molecular complexity index is 1460. The van der Waals surface area contributed by atoms with E-state index in [1.807, 2.05) is 65.0 Å². The summed E-state index contributed by atoms with van der Waals surface area (Å²) >= 11 is 6.01. The minimum atomic E-state index is -4.15. The van der Waals surface area contributed by atoms with Gasteiger partial charge in [-0.3, -0.25) is 13.9 Å². The van der Waals surface area contributed by atoms with E-state index in [0.717, 1.165) is 33.0 Å². The fraction of sp³-hybridized carbons (Fsp3) is 0.355. The maximum Gasteiger partial charge on any atom is 0.264 e. The number of carbonyl (C=O) groups is 2. The van der Waals surface area contributed by atoms with Gasteiger partial charge in [-0.25, -0.2) is 8.42 Å². The molecule has 0 fully saturated rings. The van der Waals surface area contributed by atoms with E-state index in [0.29, 0.717) is 10.7 Å². The van der Waals surface area contributed by atoms with Crippen molar-refractivity contribution >= 4 is 39.1 Å². The van der Waals surface area contributed by atoms with Crippen LogP contribution >= 0.6 is 11.6 Å². The number of carbonyl (C=O) groups excluding carboxylic acids is 2. The van der Waals surface area contributed by atoms with E-state index in [1.165, 1.54) is 29.2 Å². The molecule has 0 bridgehead atoms. The lowest BCUT2D eigenvalue weighted by Crippen LogP contribution is -2.52. The average Bonchev–Trinajstić information content (AvgIpc) is 2.91. The second kappa shape index (κ2) is 13.3. The number of hydrogen-bond donors (Lipinski definition) is 1. The largest absolute Gasteiger partial charge is 0.352 e. The third-order valence-corrected chi connectivity index (χ3v) is 9.10. The lowest BCUT2D eigenvalue weighted by molar-refractivity contribution is -0.139. The van der Waals surface area contributed by atoms with Crippen molar-refractivity contribution in [3.8, 4) is 0 Å². The summed E-state index contributed by atoms with van der Waals surface area (Å²) in [6, 6.07) is 17.9. The number of nitrogens with zero attached hydrogens (tertiary/aromatic N) is 2. The summed E-state index contributed by atoms with van der Waals surface area (Å²) in [5.41, 5.74) is 4.10. The predicted molar refractivity (Wildman–Crippen MR) is 161 cm³/mol. The second-order valence-electron chi connectivity index (χ2n) is 10.2. The lowest BCUT2D eigenvalue weighted by Gasteiger charge is -2.32. The van der Waals surface area contributed by atoms with Gasteiger partial charge in [-0.1, -0.05) is 54.4 Å². The third-order valence-electron chi connectivity index (χ3n) is 7.06. The molecule has 0 aliphatic carbocycles. The van der Waals surface area contributed by atoms with Crippen LogP contribution in [0, 0.1) is 20.8 Å². The van der Waals surface area contributed by atoms with Crippen LogP contribution in [0.5, 0.6) is 0 Å². The monoisotopic (exact) mass is 583 g/mol. The molecule has 0 radical (unpaired) electrons. The molecule has 0 heterocycles. The van der Waals surface area contributed by atoms with Gasteiger partial charge in [0.1, 0.15) is 12.6 Å². The number of amides is 2. The first-order valence-corrected chi connectivity index (χ1v) is 15.2. The first-order chi connectivity index (χ1) is 18.8. The Balaban J connectivity index is 2.05. The number of sulfonamides is 1. The van der Waals surface area contributed by atoms with Crippen molar-refractivity contribution in [3.05, 3.63) is 94.0 Å². The van der Waals surface area contributed by atoms with E-state index in [1.54, 1.807) is 19.1 Å². The van der Waals surface area contributed by atoms with Gasteiger partial charge in [-0.05, 0) is 94.1 Å². The van der Waals surface area contributed by atoms with Crippen LogP contribution in [0.4, 0.5) is 5.69 Å². The molecule has 2 atom stereocenters. The lowest BCUT2D eigenvalue weighted by atomic mass is 10.1. The van der Waals surface area contributed by atoms with Crippen LogP contribution < -0.4 is 9.62 Å². The number of hydrogen-bond acceptors (Lipinski definition) is 4. The molecule has 0 saturated carbocycles. The number of aryl methyl sites for hydroxylation is 3. The quantitative estimate of drug-likeness (QED) is 0.309. The van der Waals surface area contributed by atoms with Crippen LogP contribution in [0.15, 0.2) is 71.6 Å². The summed E-state index contributed by atoms with van der Waals surface area (Å²) < 4.78 is 28.9. The molecule has 0 spiro atoms. The molecule has 3 aromatic rings. The molecule has 7 nitrogen and oxygen atoms in total. The minimum absolute atomic E-state index is 0.00993.